The Hall–Kier alpha value is -1.91. The fourth-order valence-electron chi connectivity index (χ4n) is 1.89. The van der Waals surface area contributed by atoms with Crippen LogP contribution in [0.25, 0.3) is 0 Å². The standard InChI is InChI=1S/C15H15ClN2O2/c16-14-13(7-4-8-17-14)15(20)18(9-10-19)11-12-5-2-1-3-6-12/h1-8,19H,9-11H2. The fourth-order valence-corrected chi connectivity index (χ4v) is 2.09. The van der Waals surface area contributed by atoms with Crippen molar-refractivity contribution < 1.29 is 9.90 Å². The van der Waals surface area contributed by atoms with Crippen LogP contribution < -0.4 is 0 Å². The lowest BCUT2D eigenvalue weighted by Gasteiger charge is -2.22. The number of amides is 1. The van der Waals surface area contributed by atoms with Crippen molar-refractivity contribution in [2.75, 3.05) is 13.2 Å². The minimum atomic E-state index is -0.235. The molecule has 2 aromatic rings. The van der Waals surface area contributed by atoms with Gasteiger partial charge in [-0.2, -0.15) is 0 Å². The number of benzene rings is 1. The van der Waals surface area contributed by atoms with Crippen molar-refractivity contribution in [2.45, 2.75) is 6.54 Å². The van der Waals surface area contributed by atoms with Crippen molar-refractivity contribution in [3.05, 3.63) is 64.9 Å². The molecule has 0 unspecified atom stereocenters. The molecule has 0 bridgehead atoms. The molecule has 0 fully saturated rings. The predicted molar refractivity (Wildman–Crippen MR) is 77.5 cm³/mol. The normalized spacial score (nSPS) is 10.3. The van der Waals surface area contributed by atoms with Gasteiger partial charge in [-0.25, -0.2) is 4.98 Å². The molecule has 0 saturated carbocycles. The van der Waals surface area contributed by atoms with E-state index >= 15 is 0 Å². The lowest BCUT2D eigenvalue weighted by molar-refractivity contribution is 0.0707. The summed E-state index contributed by atoms with van der Waals surface area (Å²) in [6.07, 6.45) is 1.53. The molecular weight excluding hydrogens is 276 g/mol. The highest BCUT2D eigenvalue weighted by Crippen LogP contribution is 2.16. The molecule has 5 heteroatoms. The summed E-state index contributed by atoms with van der Waals surface area (Å²) in [5.41, 5.74) is 1.34. The zero-order valence-electron chi connectivity index (χ0n) is 10.9. The van der Waals surface area contributed by atoms with Gasteiger partial charge in [0.2, 0.25) is 0 Å². The van der Waals surface area contributed by atoms with Gasteiger partial charge in [-0.15, -0.1) is 0 Å². The second-order valence-electron chi connectivity index (χ2n) is 4.28. The molecule has 0 atom stereocenters. The number of hydrogen-bond acceptors (Lipinski definition) is 3. The van der Waals surface area contributed by atoms with Crippen LogP contribution in [0, 0.1) is 0 Å². The highest BCUT2D eigenvalue weighted by atomic mass is 35.5. The number of nitrogens with zero attached hydrogens (tertiary/aromatic N) is 2. The quantitative estimate of drug-likeness (QED) is 0.860. The zero-order chi connectivity index (χ0) is 14.4. The van der Waals surface area contributed by atoms with Gasteiger partial charge in [0.15, 0.2) is 0 Å². The minimum Gasteiger partial charge on any atom is -0.395 e. The summed E-state index contributed by atoms with van der Waals surface area (Å²) in [6, 6.07) is 12.9. The first-order valence-electron chi connectivity index (χ1n) is 6.27. The van der Waals surface area contributed by atoms with Crippen molar-refractivity contribution in [3.8, 4) is 0 Å². The van der Waals surface area contributed by atoms with E-state index in [1.165, 1.54) is 6.20 Å². The van der Waals surface area contributed by atoms with E-state index < -0.39 is 0 Å². The summed E-state index contributed by atoms with van der Waals surface area (Å²) < 4.78 is 0. The summed E-state index contributed by atoms with van der Waals surface area (Å²) in [6.45, 7) is 0.570. The zero-order valence-corrected chi connectivity index (χ0v) is 11.6. The molecule has 20 heavy (non-hydrogen) atoms. The third-order valence-corrected chi connectivity index (χ3v) is 3.16. The van der Waals surface area contributed by atoms with Gasteiger partial charge in [0.25, 0.3) is 5.91 Å². The Labute approximate surface area is 122 Å². The molecule has 1 heterocycles. The molecule has 0 aliphatic heterocycles. The summed E-state index contributed by atoms with van der Waals surface area (Å²) in [7, 11) is 0. The van der Waals surface area contributed by atoms with E-state index in [0.717, 1.165) is 5.56 Å². The van der Waals surface area contributed by atoms with Gasteiger partial charge in [-0.05, 0) is 17.7 Å². The van der Waals surface area contributed by atoms with Crippen molar-refractivity contribution in [2.24, 2.45) is 0 Å². The monoisotopic (exact) mass is 290 g/mol. The maximum Gasteiger partial charge on any atom is 0.257 e. The van der Waals surface area contributed by atoms with Gasteiger partial charge in [0.1, 0.15) is 5.15 Å². The van der Waals surface area contributed by atoms with Crippen molar-refractivity contribution in [3.63, 3.8) is 0 Å². The average molecular weight is 291 g/mol. The molecule has 2 rings (SSSR count). The van der Waals surface area contributed by atoms with Crippen molar-refractivity contribution >= 4 is 17.5 Å². The van der Waals surface area contributed by atoms with Crippen LogP contribution in [-0.4, -0.2) is 34.0 Å². The molecule has 0 aliphatic carbocycles. The van der Waals surface area contributed by atoms with Crippen LogP contribution >= 0.6 is 11.6 Å². The molecule has 1 N–H and O–H groups in total. The highest BCUT2D eigenvalue weighted by molar-refractivity contribution is 6.32. The third-order valence-electron chi connectivity index (χ3n) is 2.86. The average Bonchev–Trinajstić information content (AvgIpc) is 2.48. The number of pyridine rings is 1. The maximum atomic E-state index is 12.5. The second kappa shape index (κ2) is 7.03. The topological polar surface area (TPSA) is 53.4 Å². The molecule has 0 radical (unpaired) electrons. The Morgan fingerprint density at radius 3 is 2.60 bits per heavy atom. The lowest BCUT2D eigenvalue weighted by atomic mass is 10.2. The highest BCUT2D eigenvalue weighted by Gasteiger charge is 2.18. The summed E-state index contributed by atoms with van der Waals surface area (Å²) in [5, 5.41) is 9.31. The Morgan fingerprint density at radius 1 is 1.20 bits per heavy atom. The largest absolute Gasteiger partial charge is 0.395 e. The van der Waals surface area contributed by atoms with Gasteiger partial charge in [0.05, 0.1) is 12.2 Å². The number of halogens is 1. The summed E-state index contributed by atoms with van der Waals surface area (Å²) >= 11 is 5.95. The molecule has 0 saturated heterocycles. The van der Waals surface area contributed by atoms with Gasteiger partial charge in [-0.3, -0.25) is 4.79 Å². The third kappa shape index (κ3) is 3.56. The number of hydrogen-bond donors (Lipinski definition) is 1. The predicted octanol–water partition coefficient (Wildman–Crippen LogP) is 2.37. The molecule has 1 amide bonds. The lowest BCUT2D eigenvalue weighted by Crippen LogP contribution is -2.33. The van der Waals surface area contributed by atoms with Crippen LogP contribution in [0.1, 0.15) is 15.9 Å². The van der Waals surface area contributed by atoms with E-state index in [2.05, 4.69) is 4.98 Å². The number of aliphatic hydroxyl groups is 1. The van der Waals surface area contributed by atoms with Gasteiger partial charge < -0.3 is 10.0 Å². The number of rotatable bonds is 5. The number of aromatic nitrogens is 1. The van der Waals surface area contributed by atoms with Crippen LogP contribution in [0.5, 0.6) is 0 Å². The Morgan fingerprint density at radius 2 is 1.95 bits per heavy atom. The first kappa shape index (κ1) is 14.5. The molecule has 1 aromatic heterocycles. The van der Waals surface area contributed by atoms with E-state index in [1.807, 2.05) is 30.3 Å². The first-order chi connectivity index (χ1) is 9.72. The van der Waals surface area contributed by atoms with Crippen LogP contribution in [0.2, 0.25) is 5.15 Å². The second-order valence-corrected chi connectivity index (χ2v) is 4.64. The molecule has 0 spiro atoms. The van der Waals surface area contributed by atoms with E-state index in [-0.39, 0.29) is 24.2 Å². The molecule has 1 aromatic carbocycles. The SMILES string of the molecule is O=C(c1cccnc1Cl)N(CCO)Cc1ccccc1. The van der Waals surface area contributed by atoms with Gasteiger partial charge in [0, 0.05) is 19.3 Å². The van der Waals surface area contributed by atoms with Crippen LogP contribution in [0.3, 0.4) is 0 Å². The summed E-state index contributed by atoms with van der Waals surface area (Å²) in [5.74, 6) is -0.235. The Balaban J connectivity index is 2.20. The smallest absolute Gasteiger partial charge is 0.257 e. The van der Waals surface area contributed by atoms with Crippen LogP contribution in [-0.2, 0) is 6.54 Å². The van der Waals surface area contributed by atoms with E-state index in [0.29, 0.717) is 12.1 Å². The molecule has 4 nitrogen and oxygen atoms in total. The summed E-state index contributed by atoms with van der Waals surface area (Å²) in [4.78, 5) is 17.9. The van der Waals surface area contributed by atoms with E-state index in [1.54, 1.807) is 17.0 Å². The van der Waals surface area contributed by atoms with Crippen molar-refractivity contribution in [1.82, 2.24) is 9.88 Å². The Bertz CT molecular complexity index is 575. The maximum absolute atomic E-state index is 12.5. The van der Waals surface area contributed by atoms with Gasteiger partial charge >= 0.3 is 0 Å². The number of carbonyl (C=O) groups excluding carboxylic acids is 1. The molecule has 104 valence electrons. The number of carbonyl (C=O) groups is 1. The van der Waals surface area contributed by atoms with E-state index in [9.17, 15) is 4.79 Å². The minimum absolute atomic E-state index is 0.101. The van der Waals surface area contributed by atoms with Crippen LogP contribution in [0.15, 0.2) is 48.7 Å². The van der Waals surface area contributed by atoms with Crippen molar-refractivity contribution in [1.29, 1.82) is 0 Å². The molecular formula is C15H15ClN2O2. The molecule has 0 aliphatic rings. The first-order valence-corrected chi connectivity index (χ1v) is 6.64. The fraction of sp³-hybridized carbons (Fsp3) is 0.200. The van der Waals surface area contributed by atoms with E-state index in [4.69, 9.17) is 16.7 Å². The Kier molecular flexibility index (Phi) is 5.09. The van der Waals surface area contributed by atoms with Crippen LogP contribution in [0.4, 0.5) is 0 Å². The number of aliphatic hydroxyl groups excluding tert-OH is 1. The van der Waals surface area contributed by atoms with Gasteiger partial charge in [-0.1, -0.05) is 41.9 Å².